The van der Waals surface area contributed by atoms with Crippen molar-refractivity contribution in [3.63, 3.8) is 0 Å². The molecular formula is C15H22Cl2N2. The molecule has 2 unspecified atom stereocenters. The Labute approximate surface area is 126 Å². The van der Waals surface area contributed by atoms with Gasteiger partial charge in [-0.3, -0.25) is 4.90 Å². The topological polar surface area (TPSA) is 15.3 Å². The molecule has 19 heavy (non-hydrogen) atoms. The highest BCUT2D eigenvalue weighted by molar-refractivity contribution is 6.35. The van der Waals surface area contributed by atoms with E-state index in [1.165, 1.54) is 6.42 Å². The normalized spacial score (nSPS) is 22.1. The molecule has 0 aliphatic carbocycles. The number of rotatable bonds is 4. The second-order valence-electron chi connectivity index (χ2n) is 5.64. The maximum absolute atomic E-state index is 6.30. The summed E-state index contributed by atoms with van der Waals surface area (Å²) in [5.74, 6) is 0. The highest BCUT2D eigenvalue weighted by atomic mass is 35.5. The van der Waals surface area contributed by atoms with Crippen molar-refractivity contribution < 1.29 is 0 Å². The molecule has 0 radical (unpaired) electrons. The minimum absolute atomic E-state index is 0.337. The van der Waals surface area contributed by atoms with Crippen molar-refractivity contribution in [2.24, 2.45) is 0 Å². The van der Waals surface area contributed by atoms with Crippen molar-refractivity contribution in [2.45, 2.75) is 45.3 Å². The molecule has 4 heteroatoms. The Kier molecular flexibility index (Phi) is 5.13. The minimum Gasteiger partial charge on any atom is -0.310 e. The molecule has 1 heterocycles. The Morgan fingerprint density at radius 3 is 2.63 bits per heavy atom. The van der Waals surface area contributed by atoms with Crippen molar-refractivity contribution in [1.82, 2.24) is 10.2 Å². The molecule has 1 saturated heterocycles. The molecule has 2 atom stereocenters. The van der Waals surface area contributed by atoms with E-state index in [4.69, 9.17) is 23.2 Å². The van der Waals surface area contributed by atoms with E-state index < -0.39 is 0 Å². The zero-order valence-electron chi connectivity index (χ0n) is 11.8. The molecule has 0 spiro atoms. The van der Waals surface area contributed by atoms with Crippen LogP contribution in [-0.2, 0) is 0 Å². The second kappa shape index (κ2) is 6.45. The number of halogens is 2. The van der Waals surface area contributed by atoms with E-state index in [2.05, 4.69) is 31.0 Å². The van der Waals surface area contributed by atoms with Gasteiger partial charge in [-0.05, 0) is 31.0 Å². The largest absolute Gasteiger partial charge is 0.310 e. The smallest absolute Gasteiger partial charge is 0.0468 e. The van der Waals surface area contributed by atoms with Crippen LogP contribution in [0.4, 0.5) is 0 Å². The van der Waals surface area contributed by atoms with Crippen molar-refractivity contribution >= 4 is 23.2 Å². The number of likely N-dealkylation sites (tertiary alicyclic amines) is 1. The van der Waals surface area contributed by atoms with Crippen LogP contribution in [0.2, 0.25) is 10.0 Å². The van der Waals surface area contributed by atoms with E-state index in [1.54, 1.807) is 0 Å². The Hall–Kier alpha value is -0.280. The number of nitrogens with one attached hydrogen (secondary N) is 1. The predicted molar refractivity (Wildman–Crippen MR) is 83.1 cm³/mol. The maximum atomic E-state index is 6.30. The van der Waals surface area contributed by atoms with E-state index in [9.17, 15) is 0 Å². The van der Waals surface area contributed by atoms with Crippen LogP contribution < -0.4 is 5.32 Å². The predicted octanol–water partition coefficient (Wildman–Crippen LogP) is 4.13. The molecule has 2 nitrogen and oxygen atoms in total. The Morgan fingerprint density at radius 2 is 2.00 bits per heavy atom. The zero-order chi connectivity index (χ0) is 14.0. The summed E-state index contributed by atoms with van der Waals surface area (Å²) in [6.45, 7) is 8.81. The molecule has 1 aliphatic heterocycles. The van der Waals surface area contributed by atoms with Gasteiger partial charge in [-0.15, -0.1) is 0 Å². The molecule has 106 valence electrons. The maximum Gasteiger partial charge on any atom is 0.0468 e. The summed E-state index contributed by atoms with van der Waals surface area (Å²) in [5, 5.41) is 5.07. The van der Waals surface area contributed by atoms with E-state index in [1.807, 2.05) is 18.2 Å². The highest BCUT2D eigenvalue weighted by Crippen LogP contribution is 2.31. The fourth-order valence-electron chi connectivity index (χ4n) is 2.78. The van der Waals surface area contributed by atoms with Crippen LogP contribution in [0.5, 0.6) is 0 Å². The summed E-state index contributed by atoms with van der Waals surface area (Å²) >= 11 is 12.3. The Balaban J connectivity index is 2.02. The average molecular weight is 301 g/mol. The molecule has 1 aromatic carbocycles. The fourth-order valence-corrected chi connectivity index (χ4v) is 3.35. The lowest BCUT2D eigenvalue weighted by atomic mass is 10.1. The first kappa shape index (κ1) is 15.1. The third-order valence-electron chi connectivity index (χ3n) is 3.75. The summed E-state index contributed by atoms with van der Waals surface area (Å²) in [7, 11) is 0. The van der Waals surface area contributed by atoms with Gasteiger partial charge in [-0.1, -0.05) is 43.1 Å². The third-order valence-corrected chi connectivity index (χ3v) is 4.31. The Bertz CT molecular complexity index is 434. The van der Waals surface area contributed by atoms with Crippen LogP contribution in [0.25, 0.3) is 0 Å². The van der Waals surface area contributed by atoms with Gasteiger partial charge in [0.2, 0.25) is 0 Å². The number of hydrogen-bond acceptors (Lipinski definition) is 2. The van der Waals surface area contributed by atoms with Crippen molar-refractivity contribution in [3.8, 4) is 0 Å². The number of hydrogen-bond donors (Lipinski definition) is 1. The van der Waals surface area contributed by atoms with Crippen LogP contribution in [0.15, 0.2) is 18.2 Å². The Morgan fingerprint density at radius 1 is 1.26 bits per heavy atom. The van der Waals surface area contributed by atoms with Gasteiger partial charge in [0.05, 0.1) is 0 Å². The van der Waals surface area contributed by atoms with E-state index >= 15 is 0 Å². The van der Waals surface area contributed by atoms with Gasteiger partial charge < -0.3 is 5.32 Å². The highest BCUT2D eigenvalue weighted by Gasteiger charge is 2.27. The van der Waals surface area contributed by atoms with E-state index in [-0.39, 0.29) is 0 Å². The van der Waals surface area contributed by atoms with E-state index in [0.717, 1.165) is 23.7 Å². The van der Waals surface area contributed by atoms with Gasteiger partial charge in [0.25, 0.3) is 0 Å². The molecule has 2 rings (SSSR count). The van der Waals surface area contributed by atoms with Crippen molar-refractivity contribution in [3.05, 3.63) is 33.8 Å². The molecule has 1 aromatic rings. The zero-order valence-corrected chi connectivity index (χ0v) is 13.3. The first-order chi connectivity index (χ1) is 8.97. The molecular weight excluding hydrogens is 279 g/mol. The third kappa shape index (κ3) is 3.85. The van der Waals surface area contributed by atoms with Crippen molar-refractivity contribution in [2.75, 3.05) is 13.1 Å². The quantitative estimate of drug-likeness (QED) is 0.899. The molecule has 1 fully saturated rings. The lowest BCUT2D eigenvalue weighted by Gasteiger charge is -2.26. The summed E-state index contributed by atoms with van der Waals surface area (Å²) in [6.07, 6.45) is 1.20. The lowest BCUT2D eigenvalue weighted by molar-refractivity contribution is 0.254. The fraction of sp³-hybridized carbons (Fsp3) is 0.600. The standard InChI is InChI=1S/C15H22Cl2N2/c1-10(2)18-13-6-7-19(9-13)11(3)14-5-4-12(16)8-15(14)17/h4-5,8,10-11,13,18H,6-7,9H2,1-3H3. The van der Waals surface area contributed by atoms with Gasteiger partial charge in [0.15, 0.2) is 0 Å². The summed E-state index contributed by atoms with van der Waals surface area (Å²) in [6, 6.07) is 7.25. The van der Waals surface area contributed by atoms with E-state index in [0.29, 0.717) is 23.1 Å². The van der Waals surface area contributed by atoms with Crippen molar-refractivity contribution in [1.29, 1.82) is 0 Å². The van der Waals surface area contributed by atoms with Crippen LogP contribution in [-0.4, -0.2) is 30.1 Å². The molecule has 1 aliphatic rings. The monoisotopic (exact) mass is 300 g/mol. The molecule has 0 aromatic heterocycles. The van der Waals surface area contributed by atoms with Gasteiger partial charge in [-0.25, -0.2) is 0 Å². The minimum atomic E-state index is 0.337. The van der Waals surface area contributed by atoms with Crippen LogP contribution >= 0.6 is 23.2 Å². The number of nitrogens with zero attached hydrogens (tertiary/aromatic N) is 1. The van der Waals surface area contributed by atoms with Crippen LogP contribution in [0.3, 0.4) is 0 Å². The molecule has 0 bridgehead atoms. The molecule has 1 N–H and O–H groups in total. The van der Waals surface area contributed by atoms with Gasteiger partial charge in [0.1, 0.15) is 0 Å². The number of benzene rings is 1. The second-order valence-corrected chi connectivity index (χ2v) is 6.49. The lowest BCUT2D eigenvalue weighted by Crippen LogP contribution is -2.37. The first-order valence-electron chi connectivity index (χ1n) is 6.92. The SMILES string of the molecule is CC(C)NC1CCN(C(C)c2ccc(Cl)cc2Cl)C1. The molecule has 0 amide bonds. The summed E-state index contributed by atoms with van der Waals surface area (Å²) < 4.78 is 0. The van der Waals surface area contributed by atoms with Gasteiger partial charge >= 0.3 is 0 Å². The summed E-state index contributed by atoms with van der Waals surface area (Å²) in [4.78, 5) is 2.48. The molecule has 0 saturated carbocycles. The summed E-state index contributed by atoms with van der Waals surface area (Å²) in [5.41, 5.74) is 1.16. The van der Waals surface area contributed by atoms with Crippen LogP contribution in [0, 0.1) is 0 Å². The van der Waals surface area contributed by atoms with Gasteiger partial charge in [-0.2, -0.15) is 0 Å². The van der Waals surface area contributed by atoms with Gasteiger partial charge in [0, 0.05) is 41.3 Å². The van der Waals surface area contributed by atoms with Crippen LogP contribution in [0.1, 0.15) is 38.8 Å². The average Bonchev–Trinajstić information content (AvgIpc) is 2.75. The first-order valence-corrected chi connectivity index (χ1v) is 7.68.